The van der Waals surface area contributed by atoms with Crippen LogP contribution in [0.4, 0.5) is 0 Å². The van der Waals surface area contributed by atoms with Gasteiger partial charge in [-0.15, -0.1) is 0 Å². The second-order valence-corrected chi connectivity index (χ2v) is 5.78. The lowest BCUT2D eigenvalue weighted by Crippen LogP contribution is -2.49. The molecule has 0 aromatic rings. The Kier molecular flexibility index (Phi) is 7.09. The molecular formula is C14H30N4. The van der Waals surface area contributed by atoms with Gasteiger partial charge < -0.3 is 5.32 Å². The van der Waals surface area contributed by atoms with Gasteiger partial charge in [-0.3, -0.25) is 10.4 Å². The van der Waals surface area contributed by atoms with E-state index in [1.54, 1.807) is 0 Å². The highest BCUT2D eigenvalue weighted by atomic mass is 15.3. The molecule has 0 aromatic heterocycles. The van der Waals surface area contributed by atoms with Crippen LogP contribution in [0.2, 0.25) is 0 Å². The third kappa shape index (κ3) is 5.25. The van der Waals surface area contributed by atoms with Gasteiger partial charge in [0.25, 0.3) is 0 Å². The van der Waals surface area contributed by atoms with E-state index in [1.165, 1.54) is 32.1 Å². The van der Waals surface area contributed by atoms with Crippen LogP contribution in [0.25, 0.3) is 0 Å². The lowest BCUT2D eigenvalue weighted by Gasteiger charge is -2.31. The summed E-state index contributed by atoms with van der Waals surface area (Å²) in [7, 11) is 0. The molecule has 0 spiro atoms. The fourth-order valence-electron chi connectivity index (χ4n) is 2.67. The highest BCUT2D eigenvalue weighted by molar-refractivity contribution is 5.79. The molecule has 0 aliphatic heterocycles. The van der Waals surface area contributed by atoms with Crippen LogP contribution in [0.15, 0.2) is 4.99 Å². The lowest BCUT2D eigenvalue weighted by atomic mass is 9.83. The predicted molar refractivity (Wildman–Crippen MR) is 78.3 cm³/mol. The summed E-state index contributed by atoms with van der Waals surface area (Å²) in [4.78, 5) is 4.49. The van der Waals surface area contributed by atoms with Gasteiger partial charge >= 0.3 is 0 Å². The smallest absolute Gasteiger partial charge is 0.205 e. The highest BCUT2D eigenvalue weighted by Gasteiger charge is 2.22. The summed E-state index contributed by atoms with van der Waals surface area (Å²) in [6.07, 6.45) is 7.96. The minimum absolute atomic E-state index is 0.507. The fourth-order valence-corrected chi connectivity index (χ4v) is 2.67. The second kappa shape index (κ2) is 8.35. The Labute approximate surface area is 112 Å². The van der Waals surface area contributed by atoms with Gasteiger partial charge in [-0.1, -0.05) is 40.0 Å². The number of nitrogens with one attached hydrogen (secondary N) is 2. The lowest BCUT2D eigenvalue weighted by molar-refractivity contribution is 0.282. The van der Waals surface area contributed by atoms with Gasteiger partial charge in [-0.25, -0.2) is 5.84 Å². The van der Waals surface area contributed by atoms with Crippen molar-refractivity contribution in [2.75, 3.05) is 6.54 Å². The molecule has 1 unspecified atom stereocenters. The van der Waals surface area contributed by atoms with Crippen molar-refractivity contribution in [2.45, 2.75) is 65.3 Å². The number of guanidine groups is 1. The van der Waals surface area contributed by atoms with E-state index in [1.807, 2.05) is 0 Å². The van der Waals surface area contributed by atoms with Crippen LogP contribution in [0, 0.1) is 11.8 Å². The summed E-state index contributed by atoms with van der Waals surface area (Å²) in [5, 5.41) is 3.49. The predicted octanol–water partition coefficient (Wildman–Crippen LogP) is 2.41. The normalized spacial score (nSPS) is 19.9. The van der Waals surface area contributed by atoms with Gasteiger partial charge in [0.15, 0.2) is 0 Å². The molecule has 4 nitrogen and oxygen atoms in total. The molecule has 1 fully saturated rings. The molecule has 0 bridgehead atoms. The Morgan fingerprint density at radius 3 is 2.44 bits per heavy atom. The SMILES string of the molecule is CCC(NC(=NCC(C)C)NN)C1CCCCC1. The maximum atomic E-state index is 5.55. The number of nitrogens with zero attached hydrogens (tertiary/aromatic N) is 1. The monoisotopic (exact) mass is 254 g/mol. The first kappa shape index (κ1) is 15.3. The molecule has 1 saturated carbocycles. The van der Waals surface area contributed by atoms with E-state index in [-0.39, 0.29) is 0 Å². The molecule has 0 amide bonds. The average molecular weight is 254 g/mol. The Morgan fingerprint density at radius 2 is 1.94 bits per heavy atom. The Bertz CT molecular complexity index is 244. The van der Waals surface area contributed by atoms with Crippen molar-refractivity contribution >= 4 is 5.96 Å². The summed E-state index contributed by atoms with van der Waals surface area (Å²) in [5.41, 5.74) is 2.70. The standard InChI is InChI=1S/C14H30N4/c1-4-13(12-8-6-5-7-9-12)17-14(18-15)16-10-11(2)3/h11-13H,4-10,15H2,1-3H3,(H2,16,17,18). The molecule has 106 valence electrons. The summed E-state index contributed by atoms with van der Waals surface area (Å²) in [5.74, 6) is 7.64. The highest BCUT2D eigenvalue weighted by Crippen LogP contribution is 2.27. The van der Waals surface area contributed by atoms with Gasteiger partial charge in [0.2, 0.25) is 5.96 Å². The van der Waals surface area contributed by atoms with E-state index >= 15 is 0 Å². The first-order chi connectivity index (χ1) is 8.67. The molecule has 4 N–H and O–H groups in total. The van der Waals surface area contributed by atoms with E-state index in [2.05, 4.69) is 36.5 Å². The van der Waals surface area contributed by atoms with Crippen molar-refractivity contribution < 1.29 is 0 Å². The quantitative estimate of drug-likeness (QED) is 0.305. The van der Waals surface area contributed by atoms with Crippen LogP contribution in [-0.2, 0) is 0 Å². The number of hydrogen-bond acceptors (Lipinski definition) is 2. The average Bonchev–Trinajstić information content (AvgIpc) is 2.40. The largest absolute Gasteiger partial charge is 0.352 e. The van der Waals surface area contributed by atoms with Crippen molar-refractivity contribution in [3.05, 3.63) is 0 Å². The van der Waals surface area contributed by atoms with Crippen molar-refractivity contribution in [1.29, 1.82) is 0 Å². The first-order valence-corrected chi connectivity index (χ1v) is 7.45. The molecular weight excluding hydrogens is 224 g/mol. The van der Waals surface area contributed by atoms with E-state index < -0.39 is 0 Å². The first-order valence-electron chi connectivity index (χ1n) is 7.45. The van der Waals surface area contributed by atoms with E-state index in [0.29, 0.717) is 12.0 Å². The molecule has 0 radical (unpaired) electrons. The molecule has 0 aromatic carbocycles. The van der Waals surface area contributed by atoms with Crippen molar-refractivity contribution in [3.63, 3.8) is 0 Å². The molecule has 4 heteroatoms. The van der Waals surface area contributed by atoms with Crippen molar-refractivity contribution in [1.82, 2.24) is 10.7 Å². The Hall–Kier alpha value is -0.770. The van der Waals surface area contributed by atoms with Gasteiger partial charge in [0, 0.05) is 12.6 Å². The zero-order chi connectivity index (χ0) is 13.4. The molecule has 0 heterocycles. The molecule has 1 rings (SSSR count). The van der Waals surface area contributed by atoms with Gasteiger partial charge in [0.05, 0.1) is 0 Å². The summed E-state index contributed by atoms with van der Waals surface area (Å²) >= 11 is 0. The van der Waals surface area contributed by atoms with E-state index in [9.17, 15) is 0 Å². The van der Waals surface area contributed by atoms with Crippen LogP contribution in [0.5, 0.6) is 0 Å². The molecule has 1 atom stereocenters. The topological polar surface area (TPSA) is 62.4 Å². The number of nitrogens with two attached hydrogens (primary N) is 1. The summed E-state index contributed by atoms with van der Waals surface area (Å²) < 4.78 is 0. The van der Waals surface area contributed by atoms with Gasteiger partial charge in [-0.2, -0.15) is 0 Å². The summed E-state index contributed by atoms with van der Waals surface area (Å²) in [6, 6.07) is 0.507. The van der Waals surface area contributed by atoms with E-state index in [4.69, 9.17) is 5.84 Å². The van der Waals surface area contributed by atoms with Crippen LogP contribution >= 0.6 is 0 Å². The van der Waals surface area contributed by atoms with Crippen molar-refractivity contribution in [3.8, 4) is 0 Å². The van der Waals surface area contributed by atoms with Crippen LogP contribution in [0.3, 0.4) is 0 Å². The minimum atomic E-state index is 0.507. The second-order valence-electron chi connectivity index (χ2n) is 5.78. The third-order valence-corrected chi connectivity index (χ3v) is 3.73. The Balaban J connectivity index is 2.50. The Morgan fingerprint density at radius 1 is 1.28 bits per heavy atom. The molecule has 1 aliphatic carbocycles. The molecule has 0 saturated heterocycles. The minimum Gasteiger partial charge on any atom is -0.352 e. The maximum Gasteiger partial charge on any atom is 0.205 e. The third-order valence-electron chi connectivity index (χ3n) is 3.73. The number of hydrogen-bond donors (Lipinski definition) is 3. The maximum absolute atomic E-state index is 5.55. The zero-order valence-electron chi connectivity index (χ0n) is 12.2. The van der Waals surface area contributed by atoms with Crippen LogP contribution in [-0.4, -0.2) is 18.5 Å². The van der Waals surface area contributed by atoms with Gasteiger partial charge in [-0.05, 0) is 31.1 Å². The fraction of sp³-hybridized carbons (Fsp3) is 0.929. The van der Waals surface area contributed by atoms with Gasteiger partial charge in [0.1, 0.15) is 0 Å². The number of aliphatic imine (C=N–C) groups is 1. The van der Waals surface area contributed by atoms with Crippen molar-refractivity contribution in [2.24, 2.45) is 22.7 Å². The number of rotatable bonds is 5. The number of hydrazine groups is 1. The molecule has 18 heavy (non-hydrogen) atoms. The van der Waals surface area contributed by atoms with E-state index in [0.717, 1.165) is 24.8 Å². The summed E-state index contributed by atoms with van der Waals surface area (Å²) in [6.45, 7) is 7.38. The van der Waals surface area contributed by atoms with Crippen LogP contribution < -0.4 is 16.6 Å². The zero-order valence-corrected chi connectivity index (χ0v) is 12.2. The molecule has 1 aliphatic rings. The van der Waals surface area contributed by atoms with Crippen LogP contribution in [0.1, 0.15) is 59.3 Å².